The Balaban J connectivity index is 1.38. The van der Waals surface area contributed by atoms with Gasteiger partial charge in [0.25, 0.3) is 5.91 Å². The molecule has 1 saturated carbocycles. The topological polar surface area (TPSA) is 125 Å². The number of rotatable bonds is 3. The first kappa shape index (κ1) is 18.7. The number of carbonyl (C=O) groups excluding carboxylic acids is 3. The number of amides is 1. The molecule has 3 aromatic rings. The highest BCUT2D eigenvalue weighted by Gasteiger charge is 2.67. The number of nitrogens with one attached hydrogen (secondary N) is 2. The molecular weight excluding hydrogens is 414 g/mol. The number of aromatic hydroxyl groups is 1. The molecular formula is C23H19N3O6. The first-order chi connectivity index (χ1) is 15.4. The van der Waals surface area contributed by atoms with E-state index in [1.165, 1.54) is 26.4 Å². The predicted octanol–water partition coefficient (Wildman–Crippen LogP) is 2.49. The van der Waals surface area contributed by atoms with E-state index >= 15 is 0 Å². The summed E-state index contributed by atoms with van der Waals surface area (Å²) in [4.78, 5) is 45.8. The summed E-state index contributed by atoms with van der Waals surface area (Å²) in [6, 6.07) is 6.52. The second-order valence-electron chi connectivity index (χ2n) is 8.44. The summed E-state index contributed by atoms with van der Waals surface area (Å²) >= 11 is 0. The second-order valence-corrected chi connectivity index (χ2v) is 8.44. The van der Waals surface area contributed by atoms with E-state index in [9.17, 15) is 19.5 Å². The Hall–Kier alpha value is -4.01. The third-order valence-electron chi connectivity index (χ3n) is 6.87. The standard InChI is InChI=1S/C23H19N3O6/c1-31-18-6-13-10(4-16(18)27)3-14(24-13)21(29)26-9-11-8-23(11)12-5-15(22(30)32-2)25-20(12)17(28)7-19(23)26/h3-7,11,24-25,27H,8-9H2,1-2H3/t11-,23-/m0/s1. The van der Waals surface area contributed by atoms with Gasteiger partial charge in [-0.05, 0) is 36.1 Å². The smallest absolute Gasteiger partial charge is 0.354 e. The number of ketones is 1. The third-order valence-corrected chi connectivity index (χ3v) is 6.87. The summed E-state index contributed by atoms with van der Waals surface area (Å²) < 4.78 is 9.92. The molecule has 2 aromatic heterocycles. The number of allylic oxidation sites excluding steroid dienone is 2. The number of phenols is 1. The van der Waals surface area contributed by atoms with Crippen LogP contribution in [0.1, 0.15) is 43.4 Å². The summed E-state index contributed by atoms with van der Waals surface area (Å²) in [5.74, 6) is -0.586. The first-order valence-corrected chi connectivity index (χ1v) is 10.2. The predicted molar refractivity (Wildman–Crippen MR) is 112 cm³/mol. The van der Waals surface area contributed by atoms with Crippen LogP contribution < -0.4 is 4.74 Å². The molecule has 32 heavy (non-hydrogen) atoms. The van der Waals surface area contributed by atoms with Gasteiger partial charge in [-0.3, -0.25) is 9.59 Å². The Bertz CT molecular complexity index is 1400. The summed E-state index contributed by atoms with van der Waals surface area (Å²) in [6.45, 7) is 0.486. The zero-order valence-electron chi connectivity index (χ0n) is 17.3. The minimum atomic E-state index is -0.537. The fourth-order valence-corrected chi connectivity index (χ4v) is 5.28. The number of nitrogens with zero attached hydrogens (tertiary/aromatic N) is 1. The number of carbonyl (C=O) groups is 3. The average Bonchev–Trinajstić information content (AvgIpc) is 3.13. The molecule has 1 saturated heterocycles. The first-order valence-electron chi connectivity index (χ1n) is 10.2. The van der Waals surface area contributed by atoms with Crippen LogP contribution >= 0.6 is 0 Å². The van der Waals surface area contributed by atoms with Crippen molar-refractivity contribution >= 4 is 28.6 Å². The molecule has 1 aliphatic heterocycles. The van der Waals surface area contributed by atoms with Gasteiger partial charge in [0.2, 0.25) is 5.78 Å². The van der Waals surface area contributed by atoms with E-state index in [2.05, 4.69) is 9.97 Å². The van der Waals surface area contributed by atoms with Gasteiger partial charge >= 0.3 is 5.97 Å². The maximum absolute atomic E-state index is 13.4. The molecule has 3 aliphatic rings. The molecule has 9 heteroatoms. The van der Waals surface area contributed by atoms with E-state index < -0.39 is 11.4 Å². The lowest BCUT2D eigenvalue weighted by Crippen LogP contribution is -2.33. The Labute approximate surface area is 181 Å². The SMILES string of the molecule is COC(=O)c1cc2c([nH]1)C(=O)C=C1N(C(=O)c3cc4cc(O)c(OC)cc4[nH]3)C[C@@H]3C[C@@]123. The Morgan fingerprint density at radius 1 is 1.16 bits per heavy atom. The summed E-state index contributed by atoms with van der Waals surface area (Å²) in [5, 5.41) is 10.7. The lowest BCUT2D eigenvalue weighted by atomic mass is 9.85. The van der Waals surface area contributed by atoms with Crippen LogP contribution in [0.4, 0.5) is 0 Å². The number of likely N-dealkylation sites (tertiary alicyclic amines) is 1. The monoisotopic (exact) mass is 433 g/mol. The highest BCUT2D eigenvalue weighted by molar-refractivity contribution is 6.10. The average molecular weight is 433 g/mol. The molecule has 1 spiro atoms. The van der Waals surface area contributed by atoms with Crippen molar-refractivity contribution < 1.29 is 29.0 Å². The van der Waals surface area contributed by atoms with Gasteiger partial charge in [-0.15, -0.1) is 0 Å². The van der Waals surface area contributed by atoms with Gasteiger partial charge in [0.05, 0.1) is 19.9 Å². The van der Waals surface area contributed by atoms with Crippen molar-refractivity contribution in [2.75, 3.05) is 20.8 Å². The molecule has 2 aliphatic carbocycles. The number of H-pyrrole nitrogens is 2. The van der Waals surface area contributed by atoms with Gasteiger partial charge in [-0.1, -0.05) is 0 Å². The molecule has 2 atom stereocenters. The van der Waals surface area contributed by atoms with Crippen LogP contribution in [0.2, 0.25) is 0 Å². The molecule has 1 amide bonds. The van der Waals surface area contributed by atoms with Gasteiger partial charge in [0.1, 0.15) is 11.4 Å². The van der Waals surface area contributed by atoms with Gasteiger partial charge in [-0.2, -0.15) is 0 Å². The van der Waals surface area contributed by atoms with Crippen LogP contribution in [-0.4, -0.2) is 58.4 Å². The number of benzene rings is 1. The van der Waals surface area contributed by atoms with Crippen LogP contribution in [-0.2, 0) is 10.2 Å². The number of aromatic nitrogens is 2. The van der Waals surface area contributed by atoms with Crippen molar-refractivity contribution in [2.24, 2.45) is 5.92 Å². The Kier molecular flexibility index (Phi) is 3.53. The van der Waals surface area contributed by atoms with Crippen molar-refractivity contribution in [1.29, 1.82) is 0 Å². The minimum Gasteiger partial charge on any atom is -0.504 e. The van der Waals surface area contributed by atoms with Crippen LogP contribution in [0.25, 0.3) is 10.9 Å². The molecule has 0 bridgehead atoms. The van der Waals surface area contributed by atoms with Crippen molar-refractivity contribution in [2.45, 2.75) is 11.8 Å². The number of methoxy groups -OCH3 is 2. The van der Waals surface area contributed by atoms with E-state index in [0.717, 1.165) is 12.0 Å². The Morgan fingerprint density at radius 2 is 1.97 bits per heavy atom. The van der Waals surface area contributed by atoms with Crippen molar-refractivity contribution in [3.8, 4) is 11.5 Å². The number of phenolic OH excluding ortho intramolecular Hbond substituents is 1. The zero-order chi connectivity index (χ0) is 22.4. The minimum absolute atomic E-state index is 0.0126. The number of piperidine rings is 1. The van der Waals surface area contributed by atoms with Gasteiger partial charge in [-0.25, -0.2) is 4.79 Å². The fourth-order valence-electron chi connectivity index (χ4n) is 5.28. The molecule has 162 valence electrons. The van der Waals surface area contributed by atoms with Crippen LogP contribution in [0.3, 0.4) is 0 Å². The normalized spacial score (nSPS) is 22.8. The Morgan fingerprint density at radius 3 is 2.72 bits per heavy atom. The lowest BCUT2D eigenvalue weighted by Gasteiger charge is -2.27. The van der Waals surface area contributed by atoms with Crippen molar-refractivity contribution in [3.63, 3.8) is 0 Å². The lowest BCUT2D eigenvalue weighted by molar-refractivity contribution is 0.0594. The van der Waals surface area contributed by atoms with Crippen molar-refractivity contribution in [1.82, 2.24) is 14.9 Å². The summed E-state index contributed by atoms with van der Waals surface area (Å²) in [6.07, 6.45) is 2.32. The highest BCUT2D eigenvalue weighted by Crippen LogP contribution is 2.66. The van der Waals surface area contributed by atoms with Crippen LogP contribution in [0.15, 0.2) is 36.0 Å². The third kappa shape index (κ3) is 2.25. The van der Waals surface area contributed by atoms with Crippen LogP contribution in [0, 0.1) is 5.92 Å². The van der Waals surface area contributed by atoms with Crippen molar-refractivity contribution in [3.05, 3.63) is 58.7 Å². The molecule has 3 N–H and O–H groups in total. The maximum atomic E-state index is 13.4. The largest absolute Gasteiger partial charge is 0.504 e. The van der Waals surface area contributed by atoms with E-state index in [-0.39, 0.29) is 29.1 Å². The number of esters is 1. The van der Waals surface area contributed by atoms with E-state index in [0.29, 0.717) is 40.3 Å². The zero-order valence-corrected chi connectivity index (χ0v) is 17.3. The van der Waals surface area contributed by atoms with E-state index in [1.54, 1.807) is 23.1 Å². The molecule has 3 heterocycles. The highest BCUT2D eigenvalue weighted by atomic mass is 16.5. The molecule has 0 radical (unpaired) electrons. The quantitative estimate of drug-likeness (QED) is 0.545. The summed E-state index contributed by atoms with van der Waals surface area (Å²) in [7, 11) is 2.75. The van der Waals surface area contributed by atoms with Gasteiger partial charge in [0, 0.05) is 40.7 Å². The molecule has 2 fully saturated rings. The number of hydrogen-bond donors (Lipinski definition) is 3. The van der Waals surface area contributed by atoms with E-state index in [1.807, 2.05) is 0 Å². The second kappa shape index (κ2) is 6.03. The number of fused-ring (bicyclic) bond motifs is 2. The van der Waals surface area contributed by atoms with Crippen LogP contribution in [0.5, 0.6) is 11.5 Å². The fraction of sp³-hybridized carbons (Fsp3) is 0.261. The molecule has 1 aromatic carbocycles. The number of ether oxygens (including phenoxy) is 2. The molecule has 0 unspecified atom stereocenters. The maximum Gasteiger partial charge on any atom is 0.354 e. The van der Waals surface area contributed by atoms with E-state index in [4.69, 9.17) is 9.47 Å². The number of hydrogen-bond acceptors (Lipinski definition) is 6. The van der Waals surface area contributed by atoms with Gasteiger partial charge in [0.15, 0.2) is 11.5 Å². The number of aromatic amines is 2. The summed E-state index contributed by atoms with van der Waals surface area (Å²) in [5.41, 5.74) is 2.62. The molecule has 9 nitrogen and oxygen atoms in total. The molecule has 6 rings (SSSR count). The van der Waals surface area contributed by atoms with Gasteiger partial charge < -0.3 is 29.4 Å².